The molecule has 112 valence electrons. The molecule has 7 heteroatoms. The van der Waals surface area contributed by atoms with Crippen molar-refractivity contribution in [1.29, 1.82) is 0 Å². The van der Waals surface area contributed by atoms with Crippen molar-refractivity contribution in [3.8, 4) is 0 Å². The molecular formula is C14H18N4O2S. The van der Waals surface area contributed by atoms with E-state index in [1.165, 1.54) is 11.3 Å². The lowest BCUT2D eigenvalue weighted by molar-refractivity contribution is -0.0174. The number of morpholine rings is 1. The summed E-state index contributed by atoms with van der Waals surface area (Å²) in [6.07, 6.45) is 1.71. The second-order valence-corrected chi connectivity index (χ2v) is 6.21. The van der Waals surface area contributed by atoms with Gasteiger partial charge in [-0.3, -0.25) is 9.78 Å². The van der Waals surface area contributed by atoms with Gasteiger partial charge in [0.2, 0.25) is 0 Å². The smallest absolute Gasteiger partial charge is 0.263 e. The molecule has 0 saturated carbocycles. The van der Waals surface area contributed by atoms with E-state index in [9.17, 15) is 4.79 Å². The Balaban J connectivity index is 1.68. The molecule has 0 aromatic carbocycles. The zero-order valence-corrected chi connectivity index (χ0v) is 12.7. The Bertz CT molecular complexity index is 657. The number of hydrogen-bond acceptors (Lipinski definition) is 6. The predicted molar refractivity (Wildman–Crippen MR) is 83.6 cm³/mol. The lowest BCUT2D eigenvalue weighted by Gasteiger charge is -2.30. The topological polar surface area (TPSA) is 80.5 Å². The van der Waals surface area contributed by atoms with E-state index >= 15 is 0 Å². The maximum absolute atomic E-state index is 12.3. The fourth-order valence-corrected chi connectivity index (χ4v) is 3.39. The number of aromatic nitrogens is 1. The SMILES string of the molecule is CN1CCOC(CNC(=O)c2sc3cccnc3c2N)C1. The highest BCUT2D eigenvalue weighted by atomic mass is 32.1. The number of carbonyl (C=O) groups excluding carboxylic acids is 1. The molecule has 0 aliphatic carbocycles. The number of nitrogens with one attached hydrogen (secondary N) is 1. The predicted octanol–water partition coefficient (Wildman–Crippen LogP) is 0.939. The molecule has 3 N–H and O–H groups in total. The molecule has 0 spiro atoms. The van der Waals surface area contributed by atoms with Gasteiger partial charge < -0.3 is 20.7 Å². The normalized spacial score (nSPS) is 19.8. The molecule has 1 atom stereocenters. The van der Waals surface area contributed by atoms with Gasteiger partial charge in [0, 0.05) is 25.8 Å². The van der Waals surface area contributed by atoms with Crippen LogP contribution in [0.2, 0.25) is 0 Å². The van der Waals surface area contributed by atoms with E-state index in [1.807, 2.05) is 19.2 Å². The molecule has 2 aromatic heterocycles. The van der Waals surface area contributed by atoms with Gasteiger partial charge in [-0.2, -0.15) is 0 Å². The standard InChI is InChI=1S/C14H18N4O2S/c1-18-5-6-20-9(8-18)7-17-14(19)13-11(15)12-10(21-13)3-2-4-16-12/h2-4,9H,5-8,15H2,1H3,(H,17,19). The number of thiophene rings is 1. The Morgan fingerprint density at radius 3 is 3.29 bits per heavy atom. The second-order valence-electron chi connectivity index (χ2n) is 5.16. The number of amides is 1. The Hall–Kier alpha value is -1.70. The molecular weight excluding hydrogens is 288 g/mol. The minimum atomic E-state index is -0.160. The lowest BCUT2D eigenvalue weighted by atomic mass is 10.2. The van der Waals surface area contributed by atoms with Gasteiger partial charge in [0.25, 0.3) is 5.91 Å². The number of anilines is 1. The number of carbonyl (C=O) groups is 1. The van der Waals surface area contributed by atoms with Crippen molar-refractivity contribution in [1.82, 2.24) is 15.2 Å². The van der Waals surface area contributed by atoms with Gasteiger partial charge in [-0.25, -0.2) is 0 Å². The number of ether oxygens (including phenoxy) is 1. The Kier molecular flexibility index (Phi) is 4.05. The van der Waals surface area contributed by atoms with Crippen LogP contribution in [0.3, 0.4) is 0 Å². The number of hydrogen-bond donors (Lipinski definition) is 2. The van der Waals surface area contributed by atoms with Crippen LogP contribution < -0.4 is 11.1 Å². The number of pyridine rings is 1. The van der Waals surface area contributed by atoms with Crippen molar-refractivity contribution in [2.75, 3.05) is 39.0 Å². The molecule has 1 aliphatic heterocycles. The number of nitrogens with zero attached hydrogens (tertiary/aromatic N) is 2. The molecule has 1 saturated heterocycles. The fourth-order valence-electron chi connectivity index (χ4n) is 2.39. The van der Waals surface area contributed by atoms with Gasteiger partial charge in [-0.15, -0.1) is 11.3 Å². The first-order valence-corrected chi connectivity index (χ1v) is 7.68. The molecule has 0 bridgehead atoms. The summed E-state index contributed by atoms with van der Waals surface area (Å²) in [4.78, 5) is 19.2. The first kappa shape index (κ1) is 14.2. The number of rotatable bonds is 3. The summed E-state index contributed by atoms with van der Waals surface area (Å²) in [5, 5.41) is 2.90. The summed E-state index contributed by atoms with van der Waals surface area (Å²) in [7, 11) is 2.05. The molecule has 6 nitrogen and oxygen atoms in total. The summed E-state index contributed by atoms with van der Waals surface area (Å²) < 4.78 is 6.55. The van der Waals surface area contributed by atoms with Gasteiger partial charge in [-0.1, -0.05) is 0 Å². The van der Waals surface area contributed by atoms with E-state index < -0.39 is 0 Å². The monoisotopic (exact) mass is 306 g/mol. The molecule has 21 heavy (non-hydrogen) atoms. The first-order valence-electron chi connectivity index (χ1n) is 6.86. The first-order chi connectivity index (χ1) is 10.1. The quantitative estimate of drug-likeness (QED) is 0.882. The van der Waals surface area contributed by atoms with Crippen LogP contribution in [-0.4, -0.2) is 55.2 Å². The third kappa shape index (κ3) is 2.99. The maximum Gasteiger partial charge on any atom is 0.263 e. The Labute approximate surface area is 126 Å². The second kappa shape index (κ2) is 5.97. The highest BCUT2D eigenvalue weighted by molar-refractivity contribution is 7.21. The molecule has 1 unspecified atom stereocenters. The van der Waals surface area contributed by atoms with Gasteiger partial charge in [-0.05, 0) is 19.2 Å². The summed E-state index contributed by atoms with van der Waals surface area (Å²) in [5.74, 6) is -0.160. The van der Waals surface area contributed by atoms with E-state index in [4.69, 9.17) is 10.5 Å². The van der Waals surface area contributed by atoms with Crippen LogP contribution in [0, 0.1) is 0 Å². The van der Waals surface area contributed by atoms with E-state index in [0.29, 0.717) is 29.2 Å². The summed E-state index contributed by atoms with van der Waals surface area (Å²) in [6, 6.07) is 3.75. The van der Waals surface area contributed by atoms with Crippen molar-refractivity contribution >= 4 is 33.1 Å². The third-order valence-electron chi connectivity index (χ3n) is 3.52. The largest absolute Gasteiger partial charge is 0.396 e. The number of likely N-dealkylation sites (N-methyl/N-ethyl adjacent to an activating group) is 1. The van der Waals surface area contributed by atoms with Crippen molar-refractivity contribution < 1.29 is 9.53 Å². The Morgan fingerprint density at radius 1 is 1.67 bits per heavy atom. The Morgan fingerprint density at radius 2 is 2.52 bits per heavy atom. The molecule has 3 heterocycles. The fraction of sp³-hybridized carbons (Fsp3) is 0.429. The molecule has 2 aromatic rings. The molecule has 1 fully saturated rings. The lowest BCUT2D eigenvalue weighted by Crippen LogP contribution is -2.45. The number of nitrogen functional groups attached to an aromatic ring is 1. The summed E-state index contributed by atoms with van der Waals surface area (Å²) >= 11 is 1.37. The maximum atomic E-state index is 12.3. The average molecular weight is 306 g/mol. The van der Waals surface area contributed by atoms with Crippen molar-refractivity contribution in [3.05, 3.63) is 23.2 Å². The number of nitrogens with two attached hydrogens (primary N) is 1. The molecule has 3 rings (SSSR count). The highest BCUT2D eigenvalue weighted by Gasteiger charge is 2.21. The molecule has 0 radical (unpaired) electrons. The minimum Gasteiger partial charge on any atom is -0.396 e. The van der Waals surface area contributed by atoms with Crippen molar-refractivity contribution in [2.24, 2.45) is 0 Å². The molecule has 1 aliphatic rings. The van der Waals surface area contributed by atoms with Crippen LogP contribution >= 0.6 is 11.3 Å². The van der Waals surface area contributed by atoms with Gasteiger partial charge >= 0.3 is 0 Å². The zero-order valence-electron chi connectivity index (χ0n) is 11.8. The van der Waals surface area contributed by atoms with E-state index in [-0.39, 0.29) is 12.0 Å². The van der Waals surface area contributed by atoms with E-state index in [2.05, 4.69) is 15.2 Å². The van der Waals surface area contributed by atoms with E-state index in [0.717, 1.165) is 17.8 Å². The van der Waals surface area contributed by atoms with Gasteiger partial charge in [0.1, 0.15) is 10.4 Å². The highest BCUT2D eigenvalue weighted by Crippen LogP contribution is 2.31. The average Bonchev–Trinajstić information content (AvgIpc) is 2.83. The van der Waals surface area contributed by atoms with E-state index in [1.54, 1.807) is 6.20 Å². The third-order valence-corrected chi connectivity index (χ3v) is 4.68. The zero-order chi connectivity index (χ0) is 14.8. The number of fused-ring (bicyclic) bond motifs is 1. The van der Waals surface area contributed by atoms with Crippen molar-refractivity contribution in [2.45, 2.75) is 6.10 Å². The van der Waals surface area contributed by atoms with Crippen LogP contribution in [0.15, 0.2) is 18.3 Å². The van der Waals surface area contributed by atoms with Crippen LogP contribution in [0.5, 0.6) is 0 Å². The van der Waals surface area contributed by atoms with Gasteiger partial charge in [0.15, 0.2) is 0 Å². The van der Waals surface area contributed by atoms with Crippen LogP contribution in [-0.2, 0) is 4.74 Å². The van der Waals surface area contributed by atoms with Crippen LogP contribution in [0.25, 0.3) is 10.2 Å². The molecule has 1 amide bonds. The summed E-state index contributed by atoms with van der Waals surface area (Å²) in [5.41, 5.74) is 7.17. The van der Waals surface area contributed by atoms with Crippen molar-refractivity contribution in [3.63, 3.8) is 0 Å². The minimum absolute atomic E-state index is 0.0291. The van der Waals surface area contributed by atoms with Crippen LogP contribution in [0.1, 0.15) is 9.67 Å². The summed E-state index contributed by atoms with van der Waals surface area (Å²) in [6.45, 7) is 2.94. The van der Waals surface area contributed by atoms with Gasteiger partial charge in [0.05, 0.1) is 23.1 Å². The van der Waals surface area contributed by atoms with Crippen LogP contribution in [0.4, 0.5) is 5.69 Å².